The molecular weight excluding hydrogens is 478 g/mol. The topological polar surface area (TPSA) is 58.2 Å². The van der Waals surface area contributed by atoms with E-state index in [1.165, 1.54) is 0 Å². The lowest BCUT2D eigenvalue weighted by molar-refractivity contribution is 0.0988. The Labute approximate surface area is 192 Å². The quantitative estimate of drug-likeness (QED) is 0.365. The van der Waals surface area contributed by atoms with E-state index >= 15 is 0 Å². The largest absolute Gasteiger partial charge is 0.496 e. The molecule has 5 rings (SSSR count). The molecule has 1 N–H and O–H groups in total. The highest BCUT2D eigenvalue weighted by molar-refractivity contribution is 9.10. The van der Waals surface area contributed by atoms with Crippen molar-refractivity contribution in [3.63, 3.8) is 0 Å². The molecule has 3 aromatic carbocycles. The van der Waals surface area contributed by atoms with Crippen LogP contribution in [0.25, 0.3) is 11.3 Å². The number of para-hydroxylation sites is 1. The van der Waals surface area contributed by atoms with Gasteiger partial charge in [0.1, 0.15) is 11.4 Å². The lowest BCUT2D eigenvalue weighted by Crippen LogP contribution is -2.29. The van der Waals surface area contributed by atoms with Crippen LogP contribution in [0.1, 0.15) is 27.7 Å². The first kappa shape index (κ1) is 19.8. The number of rotatable bonds is 4. The van der Waals surface area contributed by atoms with E-state index in [0.717, 1.165) is 32.5 Å². The molecule has 0 bridgehead atoms. The number of nitrogens with zero attached hydrogens (tertiary/aromatic N) is 2. The van der Waals surface area contributed by atoms with Gasteiger partial charge in [-0.2, -0.15) is 5.10 Å². The summed E-state index contributed by atoms with van der Waals surface area (Å²) in [6.45, 7) is 0. The van der Waals surface area contributed by atoms with Crippen molar-refractivity contribution in [3.05, 3.63) is 99.1 Å². The van der Waals surface area contributed by atoms with Gasteiger partial charge in [-0.1, -0.05) is 57.9 Å². The van der Waals surface area contributed by atoms with Gasteiger partial charge in [0.05, 0.1) is 18.8 Å². The van der Waals surface area contributed by atoms with Gasteiger partial charge in [0.15, 0.2) is 0 Å². The number of H-pyrrole nitrogens is 1. The van der Waals surface area contributed by atoms with Crippen LogP contribution in [0.15, 0.2) is 77.3 Å². The number of hydrogen-bond donors (Lipinski definition) is 1. The van der Waals surface area contributed by atoms with E-state index in [4.69, 9.17) is 16.3 Å². The molecule has 0 saturated heterocycles. The van der Waals surface area contributed by atoms with Crippen molar-refractivity contribution in [1.29, 1.82) is 0 Å². The maximum Gasteiger partial charge on any atom is 0.277 e. The number of carbonyl (C=O) groups excluding carboxylic acids is 1. The minimum atomic E-state index is -0.405. The molecule has 1 atom stereocenters. The standard InChI is InChI=1S/C24H17BrClN3O2/c1-31-19-5-3-2-4-18(19)23-20-21(14-6-8-15(25)9-7-14)27-28-22(20)24(30)29(23)17-12-10-16(26)11-13-17/h2-13,23H,1H3,(H,27,28)/t23-/m1/s1. The Morgan fingerprint density at radius 3 is 2.45 bits per heavy atom. The van der Waals surface area contributed by atoms with Crippen molar-refractivity contribution in [2.24, 2.45) is 0 Å². The van der Waals surface area contributed by atoms with E-state index in [0.29, 0.717) is 16.5 Å². The molecule has 0 fully saturated rings. The molecule has 1 amide bonds. The van der Waals surface area contributed by atoms with Gasteiger partial charge in [0.2, 0.25) is 0 Å². The van der Waals surface area contributed by atoms with Gasteiger partial charge in [0.25, 0.3) is 5.91 Å². The summed E-state index contributed by atoms with van der Waals surface area (Å²) < 4.78 is 6.63. The highest BCUT2D eigenvalue weighted by atomic mass is 79.9. The molecule has 0 unspecified atom stereocenters. The third-order valence-electron chi connectivity index (χ3n) is 5.42. The van der Waals surface area contributed by atoms with Crippen molar-refractivity contribution in [3.8, 4) is 17.0 Å². The maximum atomic E-state index is 13.5. The van der Waals surface area contributed by atoms with Gasteiger partial charge in [-0.15, -0.1) is 0 Å². The van der Waals surface area contributed by atoms with E-state index in [1.54, 1.807) is 24.1 Å². The van der Waals surface area contributed by atoms with Crippen molar-refractivity contribution in [2.75, 3.05) is 12.0 Å². The van der Waals surface area contributed by atoms with Crippen molar-refractivity contribution in [1.82, 2.24) is 10.2 Å². The maximum absolute atomic E-state index is 13.5. The fraction of sp³-hybridized carbons (Fsp3) is 0.0833. The average molecular weight is 495 g/mol. The molecule has 0 aliphatic carbocycles. The molecule has 5 nitrogen and oxygen atoms in total. The van der Waals surface area contributed by atoms with Crippen LogP contribution in [0.2, 0.25) is 5.02 Å². The first-order valence-corrected chi connectivity index (χ1v) is 10.8. The van der Waals surface area contributed by atoms with Gasteiger partial charge >= 0.3 is 0 Å². The fourth-order valence-electron chi connectivity index (χ4n) is 4.03. The number of amides is 1. The minimum Gasteiger partial charge on any atom is -0.496 e. The first-order valence-electron chi connectivity index (χ1n) is 9.64. The lowest BCUT2D eigenvalue weighted by Gasteiger charge is -2.27. The Morgan fingerprint density at radius 1 is 1.03 bits per heavy atom. The molecule has 1 aliphatic rings. The summed E-state index contributed by atoms with van der Waals surface area (Å²) in [7, 11) is 1.63. The Bertz CT molecular complexity index is 1270. The molecule has 31 heavy (non-hydrogen) atoms. The summed E-state index contributed by atoms with van der Waals surface area (Å²) in [6, 6.07) is 22.5. The van der Waals surface area contributed by atoms with Crippen LogP contribution >= 0.6 is 27.5 Å². The van der Waals surface area contributed by atoms with Crippen molar-refractivity contribution >= 4 is 39.1 Å². The Morgan fingerprint density at radius 2 is 1.74 bits per heavy atom. The zero-order valence-corrected chi connectivity index (χ0v) is 18.8. The van der Waals surface area contributed by atoms with Crippen LogP contribution in [-0.4, -0.2) is 23.2 Å². The number of aromatic amines is 1. The van der Waals surface area contributed by atoms with E-state index < -0.39 is 6.04 Å². The third-order valence-corrected chi connectivity index (χ3v) is 6.20. The van der Waals surface area contributed by atoms with Gasteiger partial charge in [-0.3, -0.25) is 14.8 Å². The van der Waals surface area contributed by atoms with E-state index in [9.17, 15) is 4.79 Å². The second kappa shape index (κ2) is 7.87. The number of aromatic nitrogens is 2. The number of carbonyl (C=O) groups is 1. The highest BCUT2D eigenvalue weighted by Crippen LogP contribution is 2.47. The van der Waals surface area contributed by atoms with Gasteiger partial charge in [-0.25, -0.2) is 0 Å². The molecule has 0 radical (unpaired) electrons. The van der Waals surface area contributed by atoms with Gasteiger partial charge in [0, 0.05) is 31.9 Å². The van der Waals surface area contributed by atoms with Crippen LogP contribution in [0.4, 0.5) is 5.69 Å². The molecule has 154 valence electrons. The zero-order valence-electron chi connectivity index (χ0n) is 16.5. The van der Waals surface area contributed by atoms with Gasteiger partial charge < -0.3 is 4.74 Å². The number of methoxy groups -OCH3 is 1. The number of halogens is 2. The molecule has 1 aromatic heterocycles. The second-order valence-electron chi connectivity index (χ2n) is 7.16. The average Bonchev–Trinajstić information content (AvgIpc) is 3.34. The zero-order chi connectivity index (χ0) is 21.5. The second-order valence-corrected chi connectivity index (χ2v) is 8.52. The summed E-state index contributed by atoms with van der Waals surface area (Å²) in [4.78, 5) is 15.3. The Balaban J connectivity index is 1.75. The number of nitrogens with one attached hydrogen (secondary N) is 1. The summed E-state index contributed by atoms with van der Waals surface area (Å²) in [5, 5.41) is 8.10. The van der Waals surface area contributed by atoms with Gasteiger partial charge in [-0.05, 0) is 42.5 Å². The third kappa shape index (κ3) is 3.32. The number of benzene rings is 3. The smallest absolute Gasteiger partial charge is 0.277 e. The van der Waals surface area contributed by atoms with Crippen LogP contribution in [0.5, 0.6) is 5.75 Å². The molecule has 2 heterocycles. The van der Waals surface area contributed by atoms with Crippen LogP contribution in [0, 0.1) is 0 Å². The molecule has 4 aromatic rings. The highest BCUT2D eigenvalue weighted by Gasteiger charge is 2.44. The SMILES string of the molecule is COc1ccccc1[C@@H]1c2c(-c3ccc(Br)cc3)n[nH]c2C(=O)N1c1ccc(Cl)cc1. The molecule has 1 aliphatic heterocycles. The van der Waals surface area contributed by atoms with Crippen LogP contribution in [-0.2, 0) is 0 Å². The number of anilines is 1. The summed E-state index contributed by atoms with van der Waals surface area (Å²) in [5.74, 6) is 0.555. The lowest BCUT2D eigenvalue weighted by atomic mass is 9.95. The van der Waals surface area contributed by atoms with Crippen molar-refractivity contribution in [2.45, 2.75) is 6.04 Å². The normalized spacial score (nSPS) is 15.3. The summed E-state index contributed by atoms with van der Waals surface area (Å²) >= 11 is 9.57. The predicted molar refractivity (Wildman–Crippen MR) is 125 cm³/mol. The van der Waals surface area contributed by atoms with E-state index in [1.807, 2.05) is 60.7 Å². The minimum absolute atomic E-state index is 0.149. The van der Waals surface area contributed by atoms with Crippen molar-refractivity contribution < 1.29 is 9.53 Å². The van der Waals surface area contributed by atoms with Crippen LogP contribution in [0.3, 0.4) is 0 Å². The molecule has 0 saturated carbocycles. The molecule has 7 heteroatoms. The fourth-order valence-corrected chi connectivity index (χ4v) is 4.42. The monoisotopic (exact) mass is 493 g/mol. The molecule has 0 spiro atoms. The Hall–Kier alpha value is -3.09. The first-order chi connectivity index (χ1) is 15.1. The van der Waals surface area contributed by atoms with E-state index in [-0.39, 0.29) is 5.91 Å². The number of hydrogen-bond acceptors (Lipinski definition) is 3. The van der Waals surface area contributed by atoms with E-state index in [2.05, 4.69) is 26.1 Å². The summed E-state index contributed by atoms with van der Waals surface area (Å²) in [5.41, 5.74) is 4.59. The van der Waals surface area contributed by atoms with Crippen LogP contribution < -0.4 is 9.64 Å². The molecular formula is C24H17BrClN3O2. The predicted octanol–water partition coefficient (Wildman–Crippen LogP) is 6.25. The summed E-state index contributed by atoms with van der Waals surface area (Å²) in [6.07, 6.45) is 0. The number of ether oxygens (including phenoxy) is 1. The Kier molecular flexibility index (Phi) is 5.04. The number of fused-ring (bicyclic) bond motifs is 1.